The maximum Gasteiger partial charge on any atom is 0.345 e. The predicted octanol–water partition coefficient (Wildman–Crippen LogP) is 1.22. The highest BCUT2D eigenvalue weighted by atomic mass is 19.3. The van der Waals surface area contributed by atoms with E-state index in [4.69, 9.17) is 0 Å². The third kappa shape index (κ3) is 2.99. The van der Waals surface area contributed by atoms with Gasteiger partial charge in [-0.1, -0.05) is 0 Å². The largest absolute Gasteiger partial charge is 0.345 e. The van der Waals surface area contributed by atoms with Crippen LogP contribution in [0.25, 0.3) is 0 Å². The summed E-state index contributed by atoms with van der Waals surface area (Å²) in [5, 5.41) is 0. The first-order valence-corrected chi connectivity index (χ1v) is 2.93. The van der Waals surface area contributed by atoms with Crippen LogP contribution in [0.2, 0.25) is 0 Å². The third-order valence-corrected chi connectivity index (χ3v) is 1.00. The molecule has 0 radical (unpaired) electrons. The summed E-state index contributed by atoms with van der Waals surface area (Å²) < 4.78 is 26.9. The van der Waals surface area contributed by atoms with Crippen LogP contribution in [0.4, 0.5) is 8.78 Å². The Hall–Kier alpha value is -1.10. The van der Waals surface area contributed by atoms with Crippen molar-refractivity contribution in [1.29, 1.82) is 0 Å². The summed E-state index contributed by atoms with van der Waals surface area (Å²) in [6.45, 7) is -2.93. The highest BCUT2D eigenvalue weighted by molar-refractivity contribution is 4.95. The minimum atomic E-state index is -2.75. The normalized spacial score (nSPS) is 10.5. The average molecular weight is 160 g/mol. The van der Waals surface area contributed by atoms with Gasteiger partial charge in [0.15, 0.2) is 0 Å². The number of alkyl halides is 2. The number of halogens is 2. The van der Waals surface area contributed by atoms with Crippen LogP contribution in [0.1, 0.15) is 5.69 Å². The fraction of sp³-hybridized carbons (Fsp3) is 0.333. The van der Waals surface area contributed by atoms with Crippen LogP contribution in [0.15, 0.2) is 18.6 Å². The first-order chi connectivity index (χ1) is 5.29. The number of rotatable bonds is 3. The van der Waals surface area contributed by atoms with Gasteiger partial charge in [-0.25, -0.2) is 9.97 Å². The van der Waals surface area contributed by atoms with Crippen molar-refractivity contribution in [1.82, 2.24) is 9.97 Å². The van der Waals surface area contributed by atoms with Gasteiger partial charge in [0, 0.05) is 6.20 Å². The maximum atomic E-state index is 11.5. The van der Waals surface area contributed by atoms with E-state index in [-0.39, 0.29) is 6.61 Å². The second kappa shape index (κ2) is 3.92. The monoisotopic (exact) mass is 160 g/mol. The average Bonchev–Trinajstić information content (AvgIpc) is 2.03. The van der Waals surface area contributed by atoms with E-state index in [1.807, 2.05) is 0 Å². The van der Waals surface area contributed by atoms with Crippen molar-refractivity contribution in [3.05, 3.63) is 24.3 Å². The molecule has 1 heterocycles. The molecule has 0 N–H and O–H groups in total. The Morgan fingerprint density at radius 2 is 2.36 bits per heavy atom. The van der Waals surface area contributed by atoms with E-state index in [1.54, 1.807) is 0 Å². The predicted molar refractivity (Wildman–Crippen MR) is 32.8 cm³/mol. The molecule has 5 heteroatoms. The third-order valence-electron chi connectivity index (χ3n) is 1.00. The number of aromatic nitrogens is 2. The summed E-state index contributed by atoms with van der Waals surface area (Å²) in [7, 11) is 0. The second-order valence-corrected chi connectivity index (χ2v) is 1.77. The van der Waals surface area contributed by atoms with Gasteiger partial charge in [0.2, 0.25) is 0 Å². The van der Waals surface area contributed by atoms with Crippen LogP contribution in [0, 0.1) is 0 Å². The molecule has 3 nitrogen and oxygen atoms in total. The Morgan fingerprint density at radius 3 is 2.91 bits per heavy atom. The van der Waals surface area contributed by atoms with Gasteiger partial charge in [-0.3, -0.25) is 0 Å². The van der Waals surface area contributed by atoms with E-state index in [9.17, 15) is 8.78 Å². The van der Waals surface area contributed by atoms with Gasteiger partial charge in [0.05, 0.1) is 12.3 Å². The fourth-order valence-electron chi connectivity index (χ4n) is 0.552. The van der Waals surface area contributed by atoms with E-state index in [1.165, 1.54) is 18.6 Å². The molecule has 0 saturated heterocycles. The summed E-state index contributed by atoms with van der Waals surface area (Å²) in [6.07, 6.45) is 2.75. The van der Waals surface area contributed by atoms with Gasteiger partial charge in [-0.15, -0.1) is 0 Å². The first-order valence-electron chi connectivity index (χ1n) is 2.93. The molecule has 1 aromatic heterocycles. The van der Waals surface area contributed by atoms with Crippen LogP contribution < -0.4 is 0 Å². The quantitative estimate of drug-likeness (QED) is 0.666. The van der Waals surface area contributed by atoms with Crippen molar-refractivity contribution >= 4 is 0 Å². The highest BCUT2D eigenvalue weighted by Crippen LogP contribution is 2.00. The lowest BCUT2D eigenvalue weighted by Crippen LogP contribution is -2.00. The molecule has 11 heavy (non-hydrogen) atoms. The van der Waals surface area contributed by atoms with Crippen molar-refractivity contribution in [3.8, 4) is 0 Å². The lowest BCUT2D eigenvalue weighted by Gasteiger charge is -1.99. The Bertz CT molecular complexity index is 205. The molecule has 60 valence electrons. The van der Waals surface area contributed by atoms with E-state index >= 15 is 0 Å². The molecule has 0 aliphatic carbocycles. The van der Waals surface area contributed by atoms with Crippen LogP contribution in [-0.2, 0) is 11.3 Å². The van der Waals surface area contributed by atoms with Crippen LogP contribution >= 0.6 is 0 Å². The Kier molecular flexibility index (Phi) is 2.85. The summed E-state index contributed by atoms with van der Waals surface area (Å²) in [5.74, 6) is 0. The smallest absolute Gasteiger partial charge is 0.317 e. The molecule has 0 spiro atoms. The van der Waals surface area contributed by atoms with Gasteiger partial charge >= 0.3 is 6.61 Å². The van der Waals surface area contributed by atoms with Crippen LogP contribution in [-0.4, -0.2) is 16.6 Å². The van der Waals surface area contributed by atoms with Crippen LogP contribution in [0.5, 0.6) is 0 Å². The number of hydrogen-bond acceptors (Lipinski definition) is 3. The Labute approximate surface area is 62.0 Å². The summed E-state index contributed by atoms with van der Waals surface area (Å²) >= 11 is 0. The van der Waals surface area contributed by atoms with Gasteiger partial charge in [-0.2, -0.15) is 8.78 Å². The molecule has 0 aromatic carbocycles. The lowest BCUT2D eigenvalue weighted by molar-refractivity contribution is -0.137. The molecule has 1 rings (SSSR count). The van der Waals surface area contributed by atoms with Crippen molar-refractivity contribution < 1.29 is 13.5 Å². The highest BCUT2D eigenvalue weighted by Gasteiger charge is 2.01. The maximum absolute atomic E-state index is 11.5. The molecular formula is C6H6F2N2O. The van der Waals surface area contributed by atoms with Crippen LogP contribution in [0.3, 0.4) is 0 Å². The first kappa shape index (κ1) is 8.00. The summed E-state index contributed by atoms with van der Waals surface area (Å²) in [6, 6.07) is 1.52. The lowest BCUT2D eigenvalue weighted by atomic mass is 10.4. The van der Waals surface area contributed by atoms with E-state index < -0.39 is 6.61 Å². The van der Waals surface area contributed by atoms with Gasteiger partial charge in [0.1, 0.15) is 6.33 Å². The van der Waals surface area contributed by atoms with E-state index in [2.05, 4.69) is 14.7 Å². The number of nitrogens with zero attached hydrogens (tertiary/aromatic N) is 2. The zero-order valence-electron chi connectivity index (χ0n) is 5.58. The molecule has 0 aliphatic heterocycles. The number of hydrogen-bond donors (Lipinski definition) is 0. The van der Waals surface area contributed by atoms with E-state index in [0.717, 1.165) is 0 Å². The molecular weight excluding hydrogens is 154 g/mol. The van der Waals surface area contributed by atoms with Gasteiger partial charge in [0.25, 0.3) is 0 Å². The molecule has 0 bridgehead atoms. The topological polar surface area (TPSA) is 35.0 Å². The van der Waals surface area contributed by atoms with Gasteiger partial charge in [-0.05, 0) is 6.07 Å². The van der Waals surface area contributed by atoms with E-state index in [0.29, 0.717) is 5.69 Å². The van der Waals surface area contributed by atoms with Crippen molar-refractivity contribution in [2.24, 2.45) is 0 Å². The SMILES string of the molecule is FC(F)OCc1ccncn1. The minimum absolute atomic E-state index is 0.180. The molecule has 0 amide bonds. The van der Waals surface area contributed by atoms with Gasteiger partial charge < -0.3 is 4.74 Å². The standard InChI is InChI=1S/C6H6F2N2O/c7-6(8)11-3-5-1-2-9-4-10-5/h1-2,4,6H,3H2. The van der Waals surface area contributed by atoms with Crippen molar-refractivity contribution in [3.63, 3.8) is 0 Å². The fourth-order valence-corrected chi connectivity index (χ4v) is 0.552. The second-order valence-electron chi connectivity index (χ2n) is 1.77. The number of ether oxygens (including phenoxy) is 1. The molecule has 0 aliphatic rings. The summed E-state index contributed by atoms with van der Waals surface area (Å²) in [5.41, 5.74) is 0.445. The Balaban J connectivity index is 2.39. The minimum Gasteiger partial charge on any atom is -0.317 e. The zero-order valence-corrected chi connectivity index (χ0v) is 5.58. The van der Waals surface area contributed by atoms with Crippen molar-refractivity contribution in [2.75, 3.05) is 0 Å². The Morgan fingerprint density at radius 1 is 1.55 bits per heavy atom. The molecule has 0 unspecified atom stereocenters. The molecule has 1 aromatic rings. The molecule has 0 saturated carbocycles. The molecule has 0 fully saturated rings. The van der Waals surface area contributed by atoms with Crippen molar-refractivity contribution in [2.45, 2.75) is 13.2 Å². The summed E-state index contributed by atoms with van der Waals surface area (Å²) in [4.78, 5) is 7.30. The zero-order chi connectivity index (χ0) is 8.10. The molecule has 0 atom stereocenters.